The molecule has 3 aromatic carbocycles. The fourth-order valence-corrected chi connectivity index (χ4v) is 3.35. The van der Waals surface area contributed by atoms with Gasteiger partial charge in [0.05, 0.1) is 0 Å². The third-order valence-corrected chi connectivity index (χ3v) is 4.97. The van der Waals surface area contributed by atoms with Gasteiger partial charge in [0.1, 0.15) is 17.2 Å². The number of rotatable bonds is 6. The van der Waals surface area contributed by atoms with E-state index in [0.717, 1.165) is 46.2 Å². The molecule has 0 amide bonds. The minimum Gasteiger partial charge on any atom is -0.508 e. The summed E-state index contributed by atoms with van der Waals surface area (Å²) >= 11 is 0. The van der Waals surface area contributed by atoms with Crippen molar-refractivity contribution in [1.29, 1.82) is 0 Å². The second-order valence-electron chi connectivity index (χ2n) is 7.23. The summed E-state index contributed by atoms with van der Waals surface area (Å²) in [4.78, 5) is 0. The van der Waals surface area contributed by atoms with Gasteiger partial charge >= 0.3 is 0 Å². The van der Waals surface area contributed by atoms with E-state index in [4.69, 9.17) is 0 Å². The zero-order valence-corrected chi connectivity index (χ0v) is 15.9. The summed E-state index contributed by atoms with van der Waals surface area (Å²) in [6.07, 6.45) is 2.83. The van der Waals surface area contributed by atoms with Crippen LogP contribution in [-0.4, -0.2) is 15.3 Å². The number of phenols is 3. The molecule has 3 nitrogen and oxygen atoms in total. The van der Waals surface area contributed by atoms with Gasteiger partial charge in [0.15, 0.2) is 0 Å². The van der Waals surface area contributed by atoms with Gasteiger partial charge in [-0.2, -0.15) is 0 Å². The average Bonchev–Trinajstić information content (AvgIpc) is 2.64. The van der Waals surface area contributed by atoms with Gasteiger partial charge in [-0.05, 0) is 80.0 Å². The van der Waals surface area contributed by atoms with E-state index in [1.54, 1.807) is 18.2 Å². The number of benzene rings is 3. The van der Waals surface area contributed by atoms with Crippen LogP contribution in [0.4, 0.5) is 0 Å². The maximum atomic E-state index is 10.4. The third-order valence-electron chi connectivity index (χ3n) is 4.97. The molecular formula is C24H26O3. The second kappa shape index (κ2) is 8.17. The SMILES string of the molecule is Cc1ccc(O)c(CCc2ccc(CCc3cc(C)ccc3O)c(O)c2)c1. The fraction of sp³-hybridized carbons (Fsp3) is 0.250. The zero-order valence-electron chi connectivity index (χ0n) is 15.9. The molecule has 0 radical (unpaired) electrons. The normalized spacial score (nSPS) is 10.9. The van der Waals surface area contributed by atoms with Crippen LogP contribution < -0.4 is 0 Å². The first-order chi connectivity index (χ1) is 12.9. The van der Waals surface area contributed by atoms with Crippen LogP contribution in [0.25, 0.3) is 0 Å². The van der Waals surface area contributed by atoms with Crippen molar-refractivity contribution in [3.05, 3.63) is 88.0 Å². The highest BCUT2D eigenvalue weighted by molar-refractivity contribution is 5.41. The molecule has 0 saturated carbocycles. The summed E-state index contributed by atoms with van der Waals surface area (Å²) in [6.45, 7) is 4.01. The van der Waals surface area contributed by atoms with Gasteiger partial charge in [-0.1, -0.05) is 47.5 Å². The maximum absolute atomic E-state index is 10.4. The summed E-state index contributed by atoms with van der Waals surface area (Å²) in [6, 6.07) is 17.0. The molecule has 3 rings (SSSR count). The number of hydrogen-bond acceptors (Lipinski definition) is 3. The van der Waals surface area contributed by atoms with Crippen molar-refractivity contribution in [2.24, 2.45) is 0 Å². The lowest BCUT2D eigenvalue weighted by Crippen LogP contribution is -1.96. The predicted molar refractivity (Wildman–Crippen MR) is 109 cm³/mol. The van der Waals surface area contributed by atoms with E-state index in [2.05, 4.69) is 0 Å². The van der Waals surface area contributed by atoms with E-state index >= 15 is 0 Å². The molecule has 0 spiro atoms. The topological polar surface area (TPSA) is 60.7 Å². The van der Waals surface area contributed by atoms with E-state index in [1.807, 2.05) is 50.2 Å². The Morgan fingerprint density at radius 3 is 1.59 bits per heavy atom. The largest absolute Gasteiger partial charge is 0.508 e. The highest BCUT2D eigenvalue weighted by Crippen LogP contribution is 2.26. The summed E-state index contributed by atoms with van der Waals surface area (Å²) in [5.74, 6) is 0.905. The van der Waals surface area contributed by atoms with Crippen LogP contribution >= 0.6 is 0 Å². The summed E-state index contributed by atoms with van der Waals surface area (Å²) in [5.41, 5.74) is 5.97. The fourth-order valence-electron chi connectivity index (χ4n) is 3.35. The van der Waals surface area contributed by atoms with Crippen LogP contribution in [0.1, 0.15) is 33.4 Å². The van der Waals surface area contributed by atoms with Crippen molar-refractivity contribution in [3.63, 3.8) is 0 Å². The van der Waals surface area contributed by atoms with E-state index in [-0.39, 0.29) is 5.75 Å². The van der Waals surface area contributed by atoms with E-state index < -0.39 is 0 Å². The molecule has 0 fully saturated rings. The number of phenolic OH excluding ortho intramolecular Hbond substituents is 3. The second-order valence-corrected chi connectivity index (χ2v) is 7.23. The molecule has 0 aliphatic carbocycles. The Balaban J connectivity index is 1.65. The molecule has 3 heteroatoms. The van der Waals surface area contributed by atoms with Crippen molar-refractivity contribution in [1.82, 2.24) is 0 Å². The van der Waals surface area contributed by atoms with Crippen LogP contribution in [0, 0.1) is 13.8 Å². The maximum Gasteiger partial charge on any atom is 0.119 e. The molecule has 0 aliphatic heterocycles. The highest BCUT2D eigenvalue weighted by atomic mass is 16.3. The lowest BCUT2D eigenvalue weighted by Gasteiger charge is -2.10. The zero-order chi connectivity index (χ0) is 19.4. The van der Waals surface area contributed by atoms with Crippen molar-refractivity contribution >= 4 is 0 Å². The first-order valence-electron chi connectivity index (χ1n) is 9.30. The van der Waals surface area contributed by atoms with Gasteiger partial charge in [0.25, 0.3) is 0 Å². The Morgan fingerprint density at radius 2 is 1.04 bits per heavy atom. The number of aryl methyl sites for hydroxylation is 6. The van der Waals surface area contributed by atoms with E-state index in [9.17, 15) is 15.3 Å². The Bertz CT molecular complexity index is 944. The Morgan fingerprint density at radius 1 is 0.519 bits per heavy atom. The van der Waals surface area contributed by atoms with E-state index in [1.165, 1.54) is 0 Å². The minimum absolute atomic E-state index is 0.285. The Kier molecular flexibility index (Phi) is 5.70. The van der Waals surface area contributed by atoms with Crippen LogP contribution in [0.15, 0.2) is 54.6 Å². The lowest BCUT2D eigenvalue weighted by atomic mass is 9.98. The van der Waals surface area contributed by atoms with Gasteiger partial charge in [-0.15, -0.1) is 0 Å². The molecule has 0 atom stereocenters. The van der Waals surface area contributed by atoms with Crippen molar-refractivity contribution in [2.45, 2.75) is 39.5 Å². The molecule has 0 saturated heterocycles. The summed E-state index contributed by atoms with van der Waals surface area (Å²) in [5, 5.41) is 30.3. The monoisotopic (exact) mass is 362 g/mol. The standard InChI is InChI=1S/C24H26O3/c1-16-3-11-22(25)20(13-16)8-6-18-5-7-19(24(27)15-18)9-10-21-14-17(2)4-12-23(21)26/h3-5,7,11-15,25-27H,6,8-10H2,1-2H3. The molecule has 0 heterocycles. The van der Waals surface area contributed by atoms with Crippen molar-refractivity contribution in [2.75, 3.05) is 0 Å². The summed E-state index contributed by atoms with van der Waals surface area (Å²) < 4.78 is 0. The lowest BCUT2D eigenvalue weighted by molar-refractivity contribution is 0.461. The Labute approximate surface area is 160 Å². The quantitative estimate of drug-likeness (QED) is 0.579. The molecule has 3 N–H and O–H groups in total. The van der Waals surface area contributed by atoms with Crippen molar-refractivity contribution < 1.29 is 15.3 Å². The van der Waals surface area contributed by atoms with Crippen LogP contribution in [-0.2, 0) is 25.7 Å². The van der Waals surface area contributed by atoms with Gasteiger partial charge in [0.2, 0.25) is 0 Å². The first-order valence-corrected chi connectivity index (χ1v) is 9.30. The van der Waals surface area contributed by atoms with Crippen LogP contribution in [0.5, 0.6) is 17.2 Å². The van der Waals surface area contributed by atoms with Gasteiger partial charge < -0.3 is 15.3 Å². The van der Waals surface area contributed by atoms with Gasteiger partial charge in [-0.25, -0.2) is 0 Å². The molecule has 27 heavy (non-hydrogen) atoms. The van der Waals surface area contributed by atoms with Gasteiger partial charge in [0, 0.05) is 0 Å². The first kappa shape index (κ1) is 18.8. The Hall–Kier alpha value is -2.94. The molecule has 140 valence electrons. The molecule has 0 unspecified atom stereocenters. The molecule has 0 aliphatic rings. The third kappa shape index (κ3) is 4.82. The number of aromatic hydroxyl groups is 3. The molecule has 0 aromatic heterocycles. The minimum atomic E-state index is 0.285. The summed E-state index contributed by atoms with van der Waals surface area (Å²) in [7, 11) is 0. The molecule has 0 bridgehead atoms. The van der Waals surface area contributed by atoms with E-state index in [0.29, 0.717) is 24.3 Å². The predicted octanol–water partition coefficient (Wildman–Crippen LogP) is 4.99. The van der Waals surface area contributed by atoms with Crippen LogP contribution in [0.2, 0.25) is 0 Å². The van der Waals surface area contributed by atoms with Crippen molar-refractivity contribution in [3.8, 4) is 17.2 Å². The van der Waals surface area contributed by atoms with Gasteiger partial charge in [-0.3, -0.25) is 0 Å². The molecular weight excluding hydrogens is 336 g/mol. The molecule has 3 aromatic rings. The smallest absolute Gasteiger partial charge is 0.119 e. The number of hydrogen-bond donors (Lipinski definition) is 3. The van der Waals surface area contributed by atoms with Crippen LogP contribution in [0.3, 0.4) is 0 Å². The average molecular weight is 362 g/mol. The highest BCUT2D eigenvalue weighted by Gasteiger charge is 2.08.